The molecule has 1 aliphatic carbocycles. The van der Waals surface area contributed by atoms with Crippen LogP contribution in [0.25, 0.3) is 0 Å². The van der Waals surface area contributed by atoms with Crippen LogP contribution in [0.4, 0.5) is 0 Å². The third kappa shape index (κ3) is 3.94. The van der Waals surface area contributed by atoms with Gasteiger partial charge in [0.05, 0.1) is 19.3 Å². The van der Waals surface area contributed by atoms with Gasteiger partial charge >= 0.3 is 0 Å². The molecule has 1 heterocycles. The molecule has 0 aromatic carbocycles. The van der Waals surface area contributed by atoms with Gasteiger partial charge in [-0.3, -0.25) is 0 Å². The molecule has 1 atom stereocenters. The molecular formula is C14H27NO2. The van der Waals surface area contributed by atoms with Gasteiger partial charge in [-0.25, -0.2) is 0 Å². The van der Waals surface area contributed by atoms with Gasteiger partial charge in [-0.1, -0.05) is 19.3 Å². The highest BCUT2D eigenvalue weighted by Gasteiger charge is 2.30. The zero-order valence-electron chi connectivity index (χ0n) is 11.5. The molecule has 0 aromatic rings. The Morgan fingerprint density at radius 3 is 2.24 bits per heavy atom. The Balaban J connectivity index is 1.73. The van der Waals surface area contributed by atoms with Crippen molar-refractivity contribution in [1.82, 2.24) is 5.32 Å². The van der Waals surface area contributed by atoms with Crippen LogP contribution in [-0.2, 0) is 9.47 Å². The van der Waals surface area contributed by atoms with Gasteiger partial charge in [-0.2, -0.15) is 0 Å². The average Bonchev–Trinajstić information content (AvgIpc) is 2.33. The maximum Gasteiger partial charge on any atom is 0.162 e. The van der Waals surface area contributed by atoms with Crippen molar-refractivity contribution in [1.29, 1.82) is 0 Å². The molecule has 0 aromatic heterocycles. The number of nitrogens with one attached hydrogen (secondary N) is 1. The summed E-state index contributed by atoms with van der Waals surface area (Å²) in [6.45, 7) is 7.81. The molecule has 17 heavy (non-hydrogen) atoms. The zero-order chi connectivity index (χ0) is 12.3. The molecule has 3 nitrogen and oxygen atoms in total. The van der Waals surface area contributed by atoms with Gasteiger partial charge in [0.1, 0.15) is 0 Å². The average molecular weight is 241 g/mol. The maximum absolute atomic E-state index is 5.68. The summed E-state index contributed by atoms with van der Waals surface area (Å²) in [5, 5.41) is 3.68. The van der Waals surface area contributed by atoms with Crippen LogP contribution in [0.5, 0.6) is 0 Å². The summed E-state index contributed by atoms with van der Waals surface area (Å²) in [6, 6.07) is 0.952. The van der Waals surface area contributed by atoms with Crippen molar-refractivity contribution < 1.29 is 9.47 Å². The Morgan fingerprint density at radius 2 is 1.65 bits per heavy atom. The monoisotopic (exact) mass is 241 g/mol. The summed E-state index contributed by atoms with van der Waals surface area (Å²) >= 11 is 0. The Labute approximate surface area is 105 Å². The van der Waals surface area contributed by atoms with E-state index in [1.165, 1.54) is 32.1 Å². The van der Waals surface area contributed by atoms with Gasteiger partial charge in [0.2, 0.25) is 0 Å². The van der Waals surface area contributed by atoms with Crippen LogP contribution < -0.4 is 5.32 Å². The lowest BCUT2D eigenvalue weighted by atomic mass is 9.84. The fraction of sp³-hybridized carbons (Fsp3) is 1.00. The minimum absolute atomic E-state index is 0.361. The van der Waals surface area contributed by atoms with E-state index in [9.17, 15) is 0 Å². The van der Waals surface area contributed by atoms with Gasteiger partial charge in [0, 0.05) is 6.04 Å². The number of hydrogen-bond acceptors (Lipinski definition) is 3. The molecule has 1 aliphatic heterocycles. The number of hydrogen-bond donors (Lipinski definition) is 1. The van der Waals surface area contributed by atoms with Crippen LogP contribution in [0, 0.1) is 5.92 Å². The van der Waals surface area contributed by atoms with Crippen molar-refractivity contribution in [3.8, 4) is 0 Å². The summed E-state index contributed by atoms with van der Waals surface area (Å²) in [7, 11) is 0. The molecule has 0 amide bonds. The van der Waals surface area contributed by atoms with Crippen LogP contribution >= 0.6 is 0 Å². The SMILES string of the molecule is CC(NC1COC(C)(C)OC1)C1CCCCC1. The summed E-state index contributed by atoms with van der Waals surface area (Å²) in [4.78, 5) is 0. The van der Waals surface area contributed by atoms with Gasteiger partial charge in [0.15, 0.2) is 5.79 Å². The van der Waals surface area contributed by atoms with Gasteiger partial charge in [0.25, 0.3) is 0 Å². The summed E-state index contributed by atoms with van der Waals surface area (Å²) in [6.07, 6.45) is 7.00. The van der Waals surface area contributed by atoms with E-state index in [2.05, 4.69) is 12.2 Å². The number of ether oxygens (including phenoxy) is 2. The standard InChI is InChI=1S/C14H27NO2/c1-11(12-7-5-4-6-8-12)15-13-9-16-14(2,3)17-10-13/h11-13,15H,4-10H2,1-3H3. The van der Waals surface area contributed by atoms with Crippen LogP contribution in [0.3, 0.4) is 0 Å². The number of rotatable bonds is 3. The zero-order valence-corrected chi connectivity index (χ0v) is 11.5. The van der Waals surface area contributed by atoms with E-state index in [0.29, 0.717) is 12.1 Å². The van der Waals surface area contributed by atoms with Crippen LogP contribution in [0.2, 0.25) is 0 Å². The molecule has 0 spiro atoms. The minimum atomic E-state index is -0.397. The van der Waals surface area contributed by atoms with Gasteiger partial charge in [-0.05, 0) is 39.5 Å². The third-order valence-corrected chi connectivity index (χ3v) is 4.12. The van der Waals surface area contributed by atoms with Crippen molar-refractivity contribution in [3.63, 3.8) is 0 Å². The van der Waals surface area contributed by atoms with E-state index >= 15 is 0 Å². The quantitative estimate of drug-likeness (QED) is 0.824. The second kappa shape index (κ2) is 5.68. The molecule has 2 aliphatic rings. The van der Waals surface area contributed by atoms with Crippen molar-refractivity contribution in [2.75, 3.05) is 13.2 Å². The molecular weight excluding hydrogens is 214 g/mol. The first-order chi connectivity index (χ1) is 8.07. The van der Waals surface area contributed by atoms with Gasteiger partial charge < -0.3 is 14.8 Å². The molecule has 2 fully saturated rings. The van der Waals surface area contributed by atoms with Gasteiger partial charge in [-0.15, -0.1) is 0 Å². The molecule has 0 radical (unpaired) electrons. The second-order valence-electron chi connectivity index (χ2n) is 6.07. The summed E-state index contributed by atoms with van der Waals surface area (Å²) in [5.41, 5.74) is 0. The first-order valence-electron chi connectivity index (χ1n) is 7.11. The summed E-state index contributed by atoms with van der Waals surface area (Å²) < 4.78 is 11.4. The maximum atomic E-state index is 5.68. The minimum Gasteiger partial charge on any atom is -0.349 e. The van der Waals surface area contributed by atoms with E-state index in [0.717, 1.165) is 19.1 Å². The van der Waals surface area contributed by atoms with Crippen molar-refractivity contribution >= 4 is 0 Å². The predicted octanol–water partition coefficient (Wildman–Crippen LogP) is 2.70. The largest absolute Gasteiger partial charge is 0.349 e. The summed E-state index contributed by atoms with van der Waals surface area (Å²) in [5.74, 6) is 0.449. The highest BCUT2D eigenvalue weighted by atomic mass is 16.7. The lowest BCUT2D eigenvalue weighted by molar-refractivity contribution is -0.253. The predicted molar refractivity (Wildman–Crippen MR) is 68.9 cm³/mol. The third-order valence-electron chi connectivity index (χ3n) is 4.12. The van der Waals surface area contributed by atoms with Crippen molar-refractivity contribution in [2.24, 2.45) is 5.92 Å². The van der Waals surface area contributed by atoms with E-state index < -0.39 is 5.79 Å². The van der Waals surface area contributed by atoms with Crippen molar-refractivity contribution in [2.45, 2.75) is 70.7 Å². The highest BCUT2D eigenvalue weighted by Crippen LogP contribution is 2.27. The van der Waals surface area contributed by atoms with Crippen molar-refractivity contribution in [3.05, 3.63) is 0 Å². The van der Waals surface area contributed by atoms with Crippen LogP contribution in [-0.4, -0.2) is 31.1 Å². The lowest BCUT2D eigenvalue weighted by Gasteiger charge is -2.38. The Hall–Kier alpha value is -0.120. The van der Waals surface area contributed by atoms with E-state index in [-0.39, 0.29) is 0 Å². The molecule has 1 N–H and O–H groups in total. The van der Waals surface area contributed by atoms with Crippen LogP contribution in [0.15, 0.2) is 0 Å². The first-order valence-corrected chi connectivity index (χ1v) is 7.11. The normalized spacial score (nSPS) is 29.1. The lowest BCUT2D eigenvalue weighted by Crippen LogP contribution is -2.52. The fourth-order valence-corrected chi connectivity index (χ4v) is 2.93. The molecule has 0 bridgehead atoms. The molecule has 1 saturated carbocycles. The molecule has 2 rings (SSSR count). The smallest absolute Gasteiger partial charge is 0.162 e. The first kappa shape index (κ1) is 13.3. The Bertz CT molecular complexity index is 226. The second-order valence-corrected chi connectivity index (χ2v) is 6.07. The van der Waals surface area contributed by atoms with E-state index in [1.807, 2.05) is 13.8 Å². The van der Waals surface area contributed by atoms with E-state index in [4.69, 9.17) is 9.47 Å². The topological polar surface area (TPSA) is 30.5 Å². The highest BCUT2D eigenvalue weighted by molar-refractivity contribution is 4.81. The molecule has 100 valence electrons. The molecule has 3 heteroatoms. The Kier molecular flexibility index (Phi) is 4.45. The molecule has 1 saturated heterocycles. The van der Waals surface area contributed by atoms with E-state index in [1.54, 1.807) is 0 Å². The molecule has 1 unspecified atom stereocenters. The fourth-order valence-electron chi connectivity index (χ4n) is 2.93. The Morgan fingerprint density at radius 1 is 1.06 bits per heavy atom. The van der Waals surface area contributed by atoms with Crippen LogP contribution in [0.1, 0.15) is 52.9 Å².